The van der Waals surface area contributed by atoms with E-state index in [0.717, 1.165) is 36.7 Å². The molecule has 9 nitrogen and oxygen atoms in total. The van der Waals surface area contributed by atoms with Crippen molar-refractivity contribution in [1.29, 1.82) is 0 Å². The van der Waals surface area contributed by atoms with E-state index in [9.17, 15) is 9.59 Å². The Labute approximate surface area is 209 Å². The van der Waals surface area contributed by atoms with Crippen LogP contribution in [0.3, 0.4) is 0 Å². The minimum absolute atomic E-state index is 0.114. The van der Waals surface area contributed by atoms with E-state index in [-0.39, 0.29) is 11.5 Å². The average Bonchev–Trinajstić information content (AvgIpc) is 3.24. The number of aryl methyl sites for hydroxylation is 1. The minimum Gasteiger partial charge on any atom is -0.497 e. The number of carbonyl (C=O) groups excluding carboxylic acids is 1. The van der Waals surface area contributed by atoms with Gasteiger partial charge >= 0.3 is 0 Å². The van der Waals surface area contributed by atoms with Crippen LogP contribution in [-0.2, 0) is 13.6 Å². The van der Waals surface area contributed by atoms with Crippen LogP contribution in [0.15, 0.2) is 65.7 Å². The Bertz CT molecular complexity index is 1380. The normalized spacial score (nSPS) is 14.2. The van der Waals surface area contributed by atoms with Gasteiger partial charge in [0.1, 0.15) is 17.2 Å². The van der Waals surface area contributed by atoms with Crippen LogP contribution in [0.4, 0.5) is 0 Å². The molecule has 1 saturated heterocycles. The van der Waals surface area contributed by atoms with Crippen LogP contribution in [0.1, 0.15) is 15.9 Å². The van der Waals surface area contributed by atoms with Crippen molar-refractivity contribution in [3.63, 3.8) is 0 Å². The number of hydrogen-bond donors (Lipinski definition) is 0. The van der Waals surface area contributed by atoms with Crippen LogP contribution < -0.4 is 15.0 Å². The molecule has 0 aromatic heterocycles. The molecule has 0 N–H and O–H groups in total. The first-order valence-corrected chi connectivity index (χ1v) is 11.8. The van der Waals surface area contributed by atoms with E-state index in [1.165, 1.54) is 4.68 Å². The Balaban J connectivity index is 1.34. The molecule has 3 heterocycles. The van der Waals surface area contributed by atoms with Gasteiger partial charge in [0.05, 0.1) is 31.0 Å². The highest BCUT2D eigenvalue weighted by Crippen LogP contribution is 2.25. The smallest absolute Gasteiger partial charge is 0.282 e. The van der Waals surface area contributed by atoms with Crippen molar-refractivity contribution in [3.05, 3.63) is 82.4 Å². The summed E-state index contributed by atoms with van der Waals surface area (Å²) in [5.74, 6) is 1.40. The third-order valence-corrected chi connectivity index (χ3v) is 6.51. The van der Waals surface area contributed by atoms with Gasteiger partial charge in [0, 0.05) is 58.2 Å². The van der Waals surface area contributed by atoms with E-state index in [2.05, 4.69) is 10.00 Å². The molecule has 186 valence electrons. The van der Waals surface area contributed by atoms with Gasteiger partial charge in [0.15, 0.2) is 0 Å². The topological polar surface area (TPSA) is 81.8 Å². The zero-order valence-electron chi connectivity index (χ0n) is 20.7. The lowest BCUT2D eigenvalue weighted by Gasteiger charge is -2.35. The van der Waals surface area contributed by atoms with Gasteiger partial charge in [-0.3, -0.25) is 14.5 Å². The number of carbonyl (C=O) groups is 1. The Kier molecular flexibility index (Phi) is 6.47. The number of benzene rings is 2. The van der Waals surface area contributed by atoms with Gasteiger partial charge in [-0.15, -0.1) is 0 Å². The van der Waals surface area contributed by atoms with Crippen molar-refractivity contribution in [2.24, 2.45) is 7.05 Å². The van der Waals surface area contributed by atoms with Gasteiger partial charge < -0.3 is 18.9 Å². The van der Waals surface area contributed by atoms with Gasteiger partial charge in [-0.05, 0) is 29.8 Å². The predicted molar refractivity (Wildman–Crippen MR) is 136 cm³/mol. The number of methoxy groups -OCH3 is 2. The summed E-state index contributed by atoms with van der Waals surface area (Å²) < 4.78 is 13.9. The first kappa shape index (κ1) is 23.6. The van der Waals surface area contributed by atoms with Crippen LogP contribution in [-0.4, -0.2) is 70.5 Å². The van der Waals surface area contributed by atoms with Gasteiger partial charge in [-0.1, -0.05) is 18.2 Å². The molecule has 0 atom stereocenters. The molecule has 1 amide bonds. The van der Waals surface area contributed by atoms with Crippen molar-refractivity contribution in [2.75, 3.05) is 40.4 Å². The standard InChI is InChI=1S/C27H29N5O4/c1-29-17-23(25-24(18-29)27(34)32(28-25)20-7-5-4-6-8-20)26(33)31-11-9-30(10-12-31)16-19-13-21(35-2)15-22(14-19)36-3/h4-8,13-15,17-18H,9-12,16H2,1-3H3. The number of para-hydroxylation sites is 1. The van der Waals surface area contributed by atoms with Crippen molar-refractivity contribution in [1.82, 2.24) is 24.1 Å². The van der Waals surface area contributed by atoms with Crippen LogP contribution in [0.2, 0.25) is 0 Å². The van der Waals surface area contributed by atoms with Gasteiger partial charge in [0.25, 0.3) is 11.5 Å². The summed E-state index contributed by atoms with van der Waals surface area (Å²) >= 11 is 0. The van der Waals surface area contributed by atoms with Crippen molar-refractivity contribution in [3.8, 4) is 28.4 Å². The number of piperazine rings is 1. The number of ether oxygens (including phenoxy) is 2. The fraction of sp³-hybridized carbons (Fsp3) is 0.296. The summed E-state index contributed by atoms with van der Waals surface area (Å²) in [5, 5.41) is 4.55. The third-order valence-electron chi connectivity index (χ3n) is 6.51. The Morgan fingerprint density at radius 3 is 2.25 bits per heavy atom. The molecule has 0 saturated carbocycles. The maximum atomic E-state index is 13.6. The molecule has 3 aliphatic heterocycles. The molecule has 9 heteroatoms. The molecule has 0 aliphatic carbocycles. The fourth-order valence-corrected chi connectivity index (χ4v) is 4.63. The lowest BCUT2D eigenvalue weighted by molar-refractivity contribution is 0.0628. The van der Waals surface area contributed by atoms with E-state index >= 15 is 0 Å². The van der Waals surface area contributed by atoms with Gasteiger partial charge in [-0.25, -0.2) is 0 Å². The Hall–Kier alpha value is -4.11. The molecule has 1 fully saturated rings. The molecule has 0 unspecified atom stereocenters. The van der Waals surface area contributed by atoms with E-state index < -0.39 is 0 Å². The number of nitrogens with zero attached hydrogens (tertiary/aromatic N) is 5. The molecule has 36 heavy (non-hydrogen) atoms. The van der Waals surface area contributed by atoms with Crippen molar-refractivity contribution >= 4 is 5.91 Å². The fourth-order valence-electron chi connectivity index (χ4n) is 4.63. The summed E-state index contributed by atoms with van der Waals surface area (Å²) in [6.45, 7) is 3.38. The van der Waals surface area contributed by atoms with Crippen LogP contribution in [0.5, 0.6) is 11.5 Å². The number of pyridine rings is 1. The number of amides is 1. The molecular weight excluding hydrogens is 458 g/mol. The predicted octanol–water partition coefficient (Wildman–Crippen LogP) is 2.65. The van der Waals surface area contributed by atoms with Crippen LogP contribution in [0.25, 0.3) is 16.9 Å². The highest BCUT2D eigenvalue weighted by molar-refractivity contribution is 6.00. The second kappa shape index (κ2) is 9.87. The minimum atomic E-state index is -0.236. The van der Waals surface area contributed by atoms with E-state index in [4.69, 9.17) is 9.47 Å². The zero-order chi connectivity index (χ0) is 25.2. The first-order valence-electron chi connectivity index (χ1n) is 11.8. The third kappa shape index (κ3) is 4.57. The molecule has 5 rings (SSSR count). The lowest BCUT2D eigenvalue weighted by Crippen LogP contribution is -2.48. The monoisotopic (exact) mass is 487 g/mol. The van der Waals surface area contributed by atoms with Gasteiger partial charge in [0.2, 0.25) is 0 Å². The summed E-state index contributed by atoms with van der Waals surface area (Å²) in [5.41, 5.74) is 2.82. The Morgan fingerprint density at radius 2 is 1.61 bits per heavy atom. The number of rotatable bonds is 6. The van der Waals surface area contributed by atoms with Crippen LogP contribution >= 0.6 is 0 Å². The number of aromatic nitrogens is 3. The van der Waals surface area contributed by atoms with E-state index in [1.807, 2.05) is 60.5 Å². The molecule has 0 bridgehead atoms. The molecule has 0 spiro atoms. The highest BCUT2D eigenvalue weighted by atomic mass is 16.5. The molecule has 3 aliphatic rings. The maximum absolute atomic E-state index is 13.6. The van der Waals surface area contributed by atoms with Crippen LogP contribution in [0, 0.1) is 0 Å². The summed E-state index contributed by atoms with van der Waals surface area (Å²) in [6, 6.07) is 15.1. The summed E-state index contributed by atoms with van der Waals surface area (Å²) in [4.78, 5) is 30.8. The SMILES string of the molecule is COc1cc(CN2CCN(C(=O)c3cn(C)cc4c(=O)n(-c5ccccc5)nc3-4)CC2)cc(OC)c1. The molecule has 2 aromatic rings. The molecule has 0 radical (unpaired) electrons. The average molecular weight is 488 g/mol. The largest absolute Gasteiger partial charge is 0.497 e. The number of fused-ring (bicyclic) bond motifs is 1. The Morgan fingerprint density at radius 1 is 0.944 bits per heavy atom. The number of hydrogen-bond acceptors (Lipinski definition) is 6. The summed E-state index contributed by atoms with van der Waals surface area (Å²) in [6.07, 6.45) is 3.47. The lowest BCUT2D eigenvalue weighted by atomic mass is 10.1. The highest BCUT2D eigenvalue weighted by Gasteiger charge is 2.29. The molecular formula is C27H29N5O4. The second-order valence-corrected chi connectivity index (χ2v) is 8.94. The van der Waals surface area contributed by atoms with Gasteiger partial charge in [-0.2, -0.15) is 9.78 Å². The quantitative estimate of drug-likeness (QED) is 0.416. The van der Waals surface area contributed by atoms with E-state index in [1.54, 1.807) is 31.2 Å². The summed E-state index contributed by atoms with van der Waals surface area (Å²) in [7, 11) is 5.10. The zero-order valence-corrected chi connectivity index (χ0v) is 20.7. The van der Waals surface area contributed by atoms with Crippen molar-refractivity contribution < 1.29 is 14.3 Å². The second-order valence-electron chi connectivity index (χ2n) is 8.94. The molecule has 2 aromatic carbocycles. The van der Waals surface area contributed by atoms with E-state index in [0.29, 0.717) is 35.6 Å². The first-order chi connectivity index (χ1) is 17.5. The van der Waals surface area contributed by atoms with Crippen molar-refractivity contribution in [2.45, 2.75) is 6.54 Å². The maximum Gasteiger partial charge on any atom is 0.282 e.